The van der Waals surface area contributed by atoms with Gasteiger partial charge in [0.1, 0.15) is 12.8 Å². The average Bonchev–Trinajstić information content (AvgIpc) is 3.03. The summed E-state index contributed by atoms with van der Waals surface area (Å²) in [4.78, 5) is 36.1. The summed E-state index contributed by atoms with van der Waals surface area (Å²) in [5.74, 6) is 0.312. The van der Waals surface area contributed by atoms with Crippen molar-refractivity contribution in [3.05, 3.63) is 23.8 Å². The quantitative estimate of drug-likeness (QED) is 0.285. The fraction of sp³-hybridized carbons (Fsp3) is 0.741. The van der Waals surface area contributed by atoms with Crippen molar-refractivity contribution in [3.63, 3.8) is 0 Å². The second-order valence-electron chi connectivity index (χ2n) is 11.6. The summed E-state index contributed by atoms with van der Waals surface area (Å²) >= 11 is 0. The maximum atomic E-state index is 12.7. The zero-order valence-corrected chi connectivity index (χ0v) is 21.3. The van der Waals surface area contributed by atoms with Crippen LogP contribution in [0.5, 0.6) is 0 Å². The molecule has 9 atom stereocenters. The summed E-state index contributed by atoms with van der Waals surface area (Å²) in [6.45, 7) is 8.20. The summed E-state index contributed by atoms with van der Waals surface area (Å²) < 4.78 is 11.4. The molecule has 0 radical (unpaired) electrons. The molecule has 8 nitrogen and oxygen atoms in total. The Kier molecular flexibility index (Phi) is 7.28. The molecule has 4 aliphatic carbocycles. The summed E-state index contributed by atoms with van der Waals surface area (Å²) in [6.07, 6.45) is 8.07. The molecule has 0 spiro atoms. The Balaban J connectivity index is 1.40. The summed E-state index contributed by atoms with van der Waals surface area (Å²) in [7, 11) is 0. The monoisotopic (exact) mass is 488 g/mol. The Morgan fingerprint density at radius 2 is 2.09 bits per heavy atom. The normalized spacial score (nSPS) is 40.7. The number of ketones is 1. The first-order chi connectivity index (χ1) is 16.5. The molecule has 0 aromatic carbocycles. The molecule has 1 amide bonds. The molecular formula is C27H40N2O6. The number of allylic oxidation sites excluding steroid dienone is 4. The van der Waals surface area contributed by atoms with Crippen molar-refractivity contribution in [2.75, 3.05) is 13.3 Å². The number of hydrogen-bond acceptors (Lipinski definition) is 7. The number of carbonyl (C=O) groups excluding carboxylic acids is 3. The van der Waals surface area contributed by atoms with Gasteiger partial charge in [0, 0.05) is 16.7 Å². The fourth-order valence-corrected chi connectivity index (χ4v) is 7.61. The van der Waals surface area contributed by atoms with Crippen LogP contribution in [0.15, 0.2) is 23.8 Å². The van der Waals surface area contributed by atoms with Crippen LogP contribution in [0.4, 0.5) is 0 Å². The lowest BCUT2D eigenvalue weighted by Gasteiger charge is -2.58. The lowest BCUT2D eigenvalue weighted by molar-refractivity contribution is -0.171. The van der Waals surface area contributed by atoms with E-state index in [-0.39, 0.29) is 66.2 Å². The highest BCUT2D eigenvalue weighted by Crippen LogP contribution is 2.65. The highest BCUT2D eigenvalue weighted by atomic mass is 16.5. The molecule has 0 bridgehead atoms. The summed E-state index contributed by atoms with van der Waals surface area (Å²) in [6, 6.07) is -0.613. The first-order valence-corrected chi connectivity index (χ1v) is 12.9. The predicted octanol–water partition coefficient (Wildman–Crippen LogP) is 2.25. The number of aliphatic hydroxyl groups is 1. The molecule has 8 heteroatoms. The molecule has 3 fully saturated rings. The molecule has 0 aliphatic heterocycles. The maximum absolute atomic E-state index is 12.7. The van der Waals surface area contributed by atoms with Crippen LogP contribution in [0.1, 0.15) is 59.8 Å². The van der Waals surface area contributed by atoms with Gasteiger partial charge in [0.15, 0.2) is 5.78 Å². The third kappa shape index (κ3) is 4.72. The van der Waals surface area contributed by atoms with E-state index in [1.165, 1.54) is 0 Å². The number of nitrogens with one attached hydrogen (secondary N) is 1. The smallest absolute Gasteiger partial charge is 0.308 e. The minimum absolute atomic E-state index is 0.00220. The van der Waals surface area contributed by atoms with Gasteiger partial charge in [0.05, 0.1) is 25.2 Å². The molecule has 4 N–H and O–H groups in total. The molecule has 0 saturated heterocycles. The summed E-state index contributed by atoms with van der Waals surface area (Å²) in [5.41, 5.74) is 6.03. The van der Waals surface area contributed by atoms with Gasteiger partial charge in [0.25, 0.3) is 0 Å². The van der Waals surface area contributed by atoms with E-state index < -0.39 is 12.1 Å². The Bertz CT molecular complexity index is 929. The molecular weight excluding hydrogens is 448 g/mol. The number of hydrogen-bond donors (Lipinski definition) is 3. The average molecular weight is 489 g/mol. The van der Waals surface area contributed by atoms with Crippen molar-refractivity contribution in [2.24, 2.45) is 40.2 Å². The highest BCUT2D eigenvalue weighted by molar-refractivity contribution is 6.01. The van der Waals surface area contributed by atoms with Gasteiger partial charge >= 0.3 is 5.97 Å². The first-order valence-electron chi connectivity index (χ1n) is 12.9. The lowest BCUT2D eigenvalue weighted by Crippen LogP contribution is -2.57. The van der Waals surface area contributed by atoms with Crippen molar-refractivity contribution >= 4 is 17.7 Å². The van der Waals surface area contributed by atoms with Crippen LogP contribution >= 0.6 is 0 Å². The SMILES string of the molecule is CC1CC2C3CCC4=CC(=O)C=CC4(C)C3C(O)CC2(C)C1OC(=O)CCOCNC(=O)[C@H](C)N. The number of carbonyl (C=O) groups is 3. The number of amides is 1. The van der Waals surface area contributed by atoms with E-state index in [0.29, 0.717) is 18.3 Å². The summed E-state index contributed by atoms with van der Waals surface area (Å²) in [5, 5.41) is 14.0. The number of aliphatic hydroxyl groups excluding tert-OH is 1. The molecule has 8 unspecified atom stereocenters. The molecule has 0 aromatic rings. The van der Waals surface area contributed by atoms with E-state index in [1.54, 1.807) is 19.1 Å². The van der Waals surface area contributed by atoms with Crippen LogP contribution in [-0.2, 0) is 23.9 Å². The number of rotatable bonds is 7. The van der Waals surface area contributed by atoms with Crippen LogP contribution in [0.3, 0.4) is 0 Å². The van der Waals surface area contributed by atoms with Crippen molar-refractivity contribution < 1.29 is 29.0 Å². The Hall–Kier alpha value is -2.03. The molecule has 0 heterocycles. The zero-order valence-electron chi connectivity index (χ0n) is 21.3. The Morgan fingerprint density at radius 3 is 2.80 bits per heavy atom. The van der Waals surface area contributed by atoms with Gasteiger partial charge in [-0.3, -0.25) is 14.4 Å². The van der Waals surface area contributed by atoms with Crippen molar-refractivity contribution in [1.82, 2.24) is 5.32 Å². The minimum Gasteiger partial charge on any atom is -0.461 e. The minimum atomic E-state index is -0.613. The maximum Gasteiger partial charge on any atom is 0.308 e. The van der Waals surface area contributed by atoms with Crippen molar-refractivity contribution in [2.45, 2.75) is 78.0 Å². The lowest BCUT2D eigenvalue weighted by atomic mass is 9.47. The van der Waals surface area contributed by atoms with E-state index >= 15 is 0 Å². The van der Waals surface area contributed by atoms with Crippen LogP contribution in [-0.4, -0.2) is 54.4 Å². The van der Waals surface area contributed by atoms with Crippen LogP contribution in [0, 0.1) is 34.5 Å². The Morgan fingerprint density at radius 1 is 1.34 bits per heavy atom. The van der Waals surface area contributed by atoms with E-state index in [0.717, 1.165) is 24.8 Å². The fourth-order valence-electron chi connectivity index (χ4n) is 7.61. The van der Waals surface area contributed by atoms with Gasteiger partial charge < -0.3 is 25.6 Å². The number of ether oxygens (including phenoxy) is 2. The van der Waals surface area contributed by atoms with Gasteiger partial charge in [-0.05, 0) is 62.5 Å². The highest BCUT2D eigenvalue weighted by Gasteiger charge is 2.64. The molecule has 194 valence electrons. The third-order valence-electron chi connectivity index (χ3n) is 9.19. The largest absolute Gasteiger partial charge is 0.461 e. The first kappa shape index (κ1) is 26.0. The van der Waals surface area contributed by atoms with E-state index in [2.05, 4.69) is 26.1 Å². The Labute approximate surface area is 207 Å². The zero-order chi connectivity index (χ0) is 25.5. The molecule has 0 aromatic heterocycles. The standard InChI is InChI=1S/C27H40N2O6/c1-15-11-20-19-6-5-17-12-18(30)7-9-26(17,3)23(19)21(31)13-27(20,4)24(15)35-22(32)8-10-34-14-29-25(33)16(2)28/h7,9,12,15-16,19-21,23-24,31H,5-6,8,10-11,13-14,28H2,1-4H3,(H,29,33)/t15?,16-,19?,20?,21?,23?,24?,26?,27?/m0/s1. The van der Waals surface area contributed by atoms with E-state index in [4.69, 9.17) is 15.2 Å². The predicted molar refractivity (Wildman–Crippen MR) is 130 cm³/mol. The van der Waals surface area contributed by atoms with Gasteiger partial charge in [-0.2, -0.15) is 0 Å². The second kappa shape index (κ2) is 9.79. The third-order valence-corrected chi connectivity index (χ3v) is 9.19. The van der Waals surface area contributed by atoms with Crippen molar-refractivity contribution in [3.8, 4) is 0 Å². The molecule has 35 heavy (non-hydrogen) atoms. The van der Waals surface area contributed by atoms with Gasteiger partial charge in [-0.25, -0.2) is 0 Å². The van der Waals surface area contributed by atoms with Gasteiger partial charge in [0.2, 0.25) is 5.91 Å². The molecule has 3 saturated carbocycles. The van der Waals surface area contributed by atoms with Gasteiger partial charge in [-0.15, -0.1) is 0 Å². The van der Waals surface area contributed by atoms with E-state index in [1.807, 2.05) is 6.08 Å². The van der Waals surface area contributed by atoms with Crippen LogP contribution in [0.25, 0.3) is 0 Å². The van der Waals surface area contributed by atoms with Gasteiger partial charge in [-0.1, -0.05) is 32.4 Å². The van der Waals surface area contributed by atoms with Crippen LogP contribution in [0.2, 0.25) is 0 Å². The van der Waals surface area contributed by atoms with Crippen LogP contribution < -0.4 is 11.1 Å². The van der Waals surface area contributed by atoms with E-state index in [9.17, 15) is 19.5 Å². The molecule has 4 rings (SSSR count). The number of esters is 1. The molecule has 4 aliphatic rings. The topological polar surface area (TPSA) is 128 Å². The van der Waals surface area contributed by atoms with Crippen molar-refractivity contribution in [1.29, 1.82) is 0 Å². The number of fused-ring (bicyclic) bond motifs is 5. The second-order valence-corrected chi connectivity index (χ2v) is 11.6. The number of nitrogens with two attached hydrogens (primary N) is 1.